The van der Waals surface area contributed by atoms with Gasteiger partial charge in [-0.25, -0.2) is 14.0 Å². The maximum absolute atomic E-state index is 14.2. The minimum absolute atomic E-state index is 0.185. The average molecular weight is 332 g/mol. The summed E-state index contributed by atoms with van der Waals surface area (Å²) in [6.07, 6.45) is 2.20. The molecule has 0 aliphatic rings. The number of carbonyl (C=O) groups excluding carboxylic acids is 1. The van der Waals surface area contributed by atoms with E-state index in [2.05, 4.69) is 10.3 Å². The number of nitrogens with one attached hydrogen (secondary N) is 1. The van der Waals surface area contributed by atoms with Crippen molar-refractivity contribution in [2.45, 2.75) is 26.4 Å². The van der Waals surface area contributed by atoms with Gasteiger partial charge in [-0.3, -0.25) is 10.3 Å². The number of halogens is 1. The maximum atomic E-state index is 14.2. The summed E-state index contributed by atoms with van der Waals surface area (Å²) in [6, 6.07) is 5.81. The molecule has 0 radical (unpaired) electrons. The van der Waals surface area contributed by atoms with Gasteiger partial charge in [0.2, 0.25) is 0 Å². The lowest BCUT2D eigenvalue weighted by atomic mass is 10.0. The molecule has 0 unspecified atom stereocenters. The van der Waals surface area contributed by atoms with E-state index in [0.717, 1.165) is 6.07 Å². The summed E-state index contributed by atoms with van der Waals surface area (Å²) in [5, 5.41) is 11.5. The van der Waals surface area contributed by atoms with Crippen LogP contribution in [0.2, 0.25) is 0 Å². The van der Waals surface area contributed by atoms with E-state index in [1.807, 2.05) is 0 Å². The lowest BCUT2D eigenvalue weighted by molar-refractivity contribution is 0.0636. The number of aromatic carboxylic acids is 1. The number of amides is 1. The first-order valence-electron chi connectivity index (χ1n) is 7.14. The quantitative estimate of drug-likeness (QED) is 0.889. The molecule has 0 bridgehead atoms. The molecule has 126 valence electrons. The Labute approximate surface area is 138 Å². The van der Waals surface area contributed by atoms with Gasteiger partial charge in [-0.2, -0.15) is 0 Å². The highest BCUT2D eigenvalue weighted by molar-refractivity contribution is 6.00. The minimum Gasteiger partial charge on any atom is -0.478 e. The Morgan fingerprint density at radius 3 is 2.50 bits per heavy atom. The van der Waals surface area contributed by atoms with Gasteiger partial charge < -0.3 is 9.84 Å². The Hall–Kier alpha value is -2.96. The number of hydrogen-bond donors (Lipinski definition) is 2. The first-order chi connectivity index (χ1) is 11.2. The smallest absolute Gasteiger partial charge is 0.412 e. The number of carbonyl (C=O) groups is 2. The first kappa shape index (κ1) is 17.4. The molecule has 24 heavy (non-hydrogen) atoms. The van der Waals surface area contributed by atoms with Crippen LogP contribution in [0.4, 0.5) is 14.9 Å². The summed E-state index contributed by atoms with van der Waals surface area (Å²) in [6.45, 7) is 4.99. The van der Waals surface area contributed by atoms with Crippen molar-refractivity contribution in [1.82, 2.24) is 4.98 Å². The fourth-order valence-electron chi connectivity index (χ4n) is 2.04. The molecule has 0 spiro atoms. The van der Waals surface area contributed by atoms with Gasteiger partial charge in [-0.05, 0) is 44.5 Å². The van der Waals surface area contributed by atoms with Crippen molar-refractivity contribution in [2.75, 3.05) is 5.32 Å². The predicted octanol–water partition coefficient (Wildman–Crippen LogP) is 3.93. The summed E-state index contributed by atoms with van der Waals surface area (Å²) in [5.41, 5.74) is -0.617. The van der Waals surface area contributed by atoms with Crippen molar-refractivity contribution in [1.29, 1.82) is 0 Å². The number of carboxylic acid groups (broad SMARTS) is 1. The highest BCUT2D eigenvalue weighted by atomic mass is 19.1. The fraction of sp³-hybridized carbons (Fsp3) is 0.235. The number of benzene rings is 1. The Morgan fingerprint density at radius 1 is 1.25 bits per heavy atom. The van der Waals surface area contributed by atoms with E-state index in [9.17, 15) is 19.1 Å². The van der Waals surface area contributed by atoms with E-state index in [0.29, 0.717) is 11.1 Å². The highest BCUT2D eigenvalue weighted by Crippen LogP contribution is 2.28. The van der Waals surface area contributed by atoms with Crippen LogP contribution >= 0.6 is 0 Å². The Balaban J connectivity index is 2.45. The number of pyridine rings is 1. The van der Waals surface area contributed by atoms with Crippen LogP contribution in [0.5, 0.6) is 0 Å². The zero-order valence-corrected chi connectivity index (χ0v) is 13.5. The van der Waals surface area contributed by atoms with Crippen molar-refractivity contribution < 1.29 is 23.8 Å². The summed E-state index contributed by atoms with van der Waals surface area (Å²) < 4.78 is 19.3. The molecule has 1 amide bonds. The molecule has 1 heterocycles. The third kappa shape index (κ3) is 4.28. The highest BCUT2D eigenvalue weighted by Gasteiger charge is 2.22. The number of hydrogen-bond acceptors (Lipinski definition) is 4. The number of rotatable bonds is 3. The van der Waals surface area contributed by atoms with Crippen molar-refractivity contribution in [3.8, 4) is 11.1 Å². The molecule has 0 fully saturated rings. The second-order valence-electron chi connectivity index (χ2n) is 6.05. The summed E-state index contributed by atoms with van der Waals surface area (Å²) >= 11 is 0. The summed E-state index contributed by atoms with van der Waals surface area (Å²) in [4.78, 5) is 27.2. The molecule has 2 rings (SSSR count). The zero-order chi connectivity index (χ0) is 17.9. The van der Waals surface area contributed by atoms with Gasteiger partial charge in [-0.1, -0.05) is 6.07 Å². The Kier molecular flexibility index (Phi) is 4.82. The van der Waals surface area contributed by atoms with Gasteiger partial charge >= 0.3 is 12.1 Å². The molecular weight excluding hydrogens is 315 g/mol. The Bertz CT molecular complexity index is 770. The molecule has 0 aliphatic heterocycles. The van der Waals surface area contributed by atoms with E-state index in [1.165, 1.54) is 12.3 Å². The predicted molar refractivity (Wildman–Crippen MR) is 86.4 cm³/mol. The molecule has 1 aromatic carbocycles. The van der Waals surface area contributed by atoms with Gasteiger partial charge in [0.1, 0.15) is 17.0 Å². The van der Waals surface area contributed by atoms with Crippen molar-refractivity contribution in [3.05, 3.63) is 48.0 Å². The molecule has 2 aromatic rings. The minimum atomic E-state index is -1.49. The number of ether oxygens (including phenoxy) is 1. The zero-order valence-electron chi connectivity index (χ0n) is 13.5. The normalized spacial score (nSPS) is 11.0. The monoisotopic (exact) mass is 332 g/mol. The van der Waals surface area contributed by atoms with Crippen LogP contribution in [0, 0.1) is 5.82 Å². The van der Waals surface area contributed by atoms with E-state index in [4.69, 9.17) is 4.74 Å². The molecule has 0 saturated heterocycles. The molecule has 1 aromatic heterocycles. The van der Waals surface area contributed by atoms with E-state index in [1.54, 1.807) is 39.1 Å². The van der Waals surface area contributed by atoms with Gasteiger partial charge in [-0.15, -0.1) is 0 Å². The van der Waals surface area contributed by atoms with Crippen LogP contribution < -0.4 is 5.32 Å². The van der Waals surface area contributed by atoms with Crippen LogP contribution in [0.25, 0.3) is 11.1 Å². The topological polar surface area (TPSA) is 88.5 Å². The third-order valence-electron chi connectivity index (χ3n) is 2.93. The second-order valence-corrected chi connectivity index (χ2v) is 6.05. The first-order valence-corrected chi connectivity index (χ1v) is 7.14. The molecule has 6 nitrogen and oxygen atoms in total. The SMILES string of the molecule is CC(C)(C)OC(=O)Nc1cc(-c2cccnc2)cc(F)c1C(=O)O. The summed E-state index contributed by atoms with van der Waals surface area (Å²) in [5.74, 6) is -2.45. The summed E-state index contributed by atoms with van der Waals surface area (Å²) in [7, 11) is 0. The van der Waals surface area contributed by atoms with Crippen molar-refractivity contribution >= 4 is 17.7 Å². The van der Waals surface area contributed by atoms with Crippen LogP contribution in [-0.4, -0.2) is 27.8 Å². The van der Waals surface area contributed by atoms with Crippen LogP contribution in [0.1, 0.15) is 31.1 Å². The third-order valence-corrected chi connectivity index (χ3v) is 2.93. The largest absolute Gasteiger partial charge is 0.478 e. The molecule has 7 heteroatoms. The van der Waals surface area contributed by atoms with E-state index in [-0.39, 0.29) is 5.69 Å². The lowest BCUT2D eigenvalue weighted by Crippen LogP contribution is -2.28. The lowest BCUT2D eigenvalue weighted by Gasteiger charge is -2.20. The molecule has 0 atom stereocenters. The standard InChI is InChI=1S/C17H17FN2O4/c1-17(2,3)24-16(23)20-13-8-11(10-5-4-6-19-9-10)7-12(18)14(13)15(21)22/h4-9H,1-3H3,(H,20,23)(H,21,22). The molecule has 0 saturated carbocycles. The number of anilines is 1. The van der Waals surface area contributed by atoms with Gasteiger partial charge in [0.05, 0.1) is 5.69 Å². The fourth-order valence-corrected chi connectivity index (χ4v) is 2.04. The Morgan fingerprint density at radius 2 is 1.96 bits per heavy atom. The van der Waals surface area contributed by atoms with Gasteiger partial charge in [0, 0.05) is 18.0 Å². The number of aromatic nitrogens is 1. The van der Waals surface area contributed by atoms with Gasteiger partial charge in [0.25, 0.3) is 0 Å². The van der Waals surface area contributed by atoms with Crippen LogP contribution in [0.3, 0.4) is 0 Å². The number of carboxylic acids is 1. The molecule has 2 N–H and O–H groups in total. The molecule has 0 aliphatic carbocycles. The van der Waals surface area contributed by atoms with E-state index >= 15 is 0 Å². The van der Waals surface area contributed by atoms with Gasteiger partial charge in [0.15, 0.2) is 0 Å². The number of nitrogens with zero attached hydrogens (tertiary/aromatic N) is 1. The maximum Gasteiger partial charge on any atom is 0.412 e. The molecular formula is C17H17FN2O4. The second kappa shape index (κ2) is 6.66. The van der Waals surface area contributed by atoms with Crippen LogP contribution in [-0.2, 0) is 4.74 Å². The van der Waals surface area contributed by atoms with Crippen molar-refractivity contribution in [3.63, 3.8) is 0 Å². The average Bonchev–Trinajstić information content (AvgIpc) is 2.45. The van der Waals surface area contributed by atoms with Crippen molar-refractivity contribution in [2.24, 2.45) is 0 Å². The van der Waals surface area contributed by atoms with E-state index < -0.39 is 29.0 Å². The van der Waals surface area contributed by atoms with Crippen LogP contribution in [0.15, 0.2) is 36.7 Å².